The Labute approximate surface area is 120 Å². The number of aromatic hydroxyl groups is 2. The van der Waals surface area contributed by atoms with E-state index in [0.29, 0.717) is 18.3 Å². The van der Waals surface area contributed by atoms with Crippen LogP contribution in [0.1, 0.15) is 50.6 Å². The zero-order chi connectivity index (χ0) is 14.4. The van der Waals surface area contributed by atoms with E-state index in [0.717, 1.165) is 6.54 Å². The van der Waals surface area contributed by atoms with Crippen molar-refractivity contribution >= 4 is 0 Å². The van der Waals surface area contributed by atoms with Crippen molar-refractivity contribution in [3.8, 4) is 11.5 Å². The Hall–Kier alpha value is -1.26. The Morgan fingerprint density at radius 2 is 2.00 bits per heavy atom. The van der Waals surface area contributed by atoms with E-state index in [1.54, 1.807) is 6.07 Å². The highest BCUT2D eigenvalue weighted by Crippen LogP contribution is 2.27. The maximum Gasteiger partial charge on any atom is 0.120 e. The first-order valence-electron chi connectivity index (χ1n) is 7.53. The summed E-state index contributed by atoms with van der Waals surface area (Å²) in [5.74, 6) is 0.376. The Kier molecular flexibility index (Phi) is 5.68. The van der Waals surface area contributed by atoms with Crippen LogP contribution in [-0.4, -0.2) is 29.5 Å². The number of ether oxygens (including phenoxy) is 1. The fraction of sp³-hybridized carbons (Fsp3) is 0.625. The van der Waals surface area contributed by atoms with Crippen LogP contribution in [0.25, 0.3) is 0 Å². The lowest BCUT2D eigenvalue weighted by Gasteiger charge is -2.23. The van der Waals surface area contributed by atoms with E-state index in [9.17, 15) is 10.2 Å². The maximum atomic E-state index is 9.78. The summed E-state index contributed by atoms with van der Waals surface area (Å²) in [7, 11) is 0. The molecule has 0 saturated heterocycles. The van der Waals surface area contributed by atoms with Gasteiger partial charge in [0.2, 0.25) is 0 Å². The zero-order valence-corrected chi connectivity index (χ0v) is 12.1. The smallest absolute Gasteiger partial charge is 0.120 e. The first-order chi connectivity index (χ1) is 9.66. The number of benzene rings is 1. The lowest BCUT2D eigenvalue weighted by atomic mass is 9.98. The molecule has 2 rings (SSSR count). The molecular formula is C16H25NO3. The molecule has 1 aliphatic rings. The van der Waals surface area contributed by atoms with Crippen LogP contribution >= 0.6 is 0 Å². The molecule has 112 valence electrons. The summed E-state index contributed by atoms with van der Waals surface area (Å²) in [6.45, 7) is 3.40. The Morgan fingerprint density at radius 1 is 1.25 bits per heavy atom. The highest BCUT2D eigenvalue weighted by atomic mass is 16.5. The quantitative estimate of drug-likeness (QED) is 0.553. The molecule has 4 heteroatoms. The zero-order valence-electron chi connectivity index (χ0n) is 12.1. The van der Waals surface area contributed by atoms with Gasteiger partial charge in [0.15, 0.2) is 0 Å². The molecule has 0 aliphatic heterocycles. The van der Waals surface area contributed by atoms with Crippen molar-refractivity contribution in [1.82, 2.24) is 5.32 Å². The van der Waals surface area contributed by atoms with Gasteiger partial charge in [-0.2, -0.15) is 0 Å². The lowest BCUT2D eigenvalue weighted by molar-refractivity contribution is 0.0295. The molecule has 0 aromatic heterocycles. The summed E-state index contributed by atoms with van der Waals surface area (Å²) in [6, 6.07) is 4.57. The second-order valence-corrected chi connectivity index (χ2v) is 5.55. The van der Waals surface area contributed by atoms with Gasteiger partial charge in [0.05, 0.1) is 12.7 Å². The Morgan fingerprint density at radius 3 is 2.75 bits per heavy atom. The molecule has 0 spiro atoms. The second-order valence-electron chi connectivity index (χ2n) is 5.55. The van der Waals surface area contributed by atoms with Crippen LogP contribution in [0.2, 0.25) is 0 Å². The molecule has 0 radical (unpaired) electrons. The van der Waals surface area contributed by atoms with E-state index in [1.165, 1.54) is 44.2 Å². The van der Waals surface area contributed by atoms with Crippen LogP contribution in [0.3, 0.4) is 0 Å². The van der Waals surface area contributed by atoms with E-state index < -0.39 is 0 Å². The third kappa shape index (κ3) is 4.39. The molecule has 0 heterocycles. The number of nitrogens with one attached hydrogen (secondary N) is 1. The van der Waals surface area contributed by atoms with E-state index in [-0.39, 0.29) is 17.5 Å². The molecule has 1 aromatic carbocycles. The molecular weight excluding hydrogens is 254 g/mol. The van der Waals surface area contributed by atoms with Gasteiger partial charge in [0.25, 0.3) is 0 Å². The SMILES string of the molecule is CC(NCCOC1CCCCC1)c1cc(O)ccc1O. The van der Waals surface area contributed by atoms with Crippen molar-refractivity contribution in [3.05, 3.63) is 23.8 Å². The molecule has 1 atom stereocenters. The van der Waals surface area contributed by atoms with Crippen molar-refractivity contribution in [2.45, 2.75) is 51.2 Å². The highest BCUT2D eigenvalue weighted by Gasteiger charge is 2.14. The molecule has 20 heavy (non-hydrogen) atoms. The van der Waals surface area contributed by atoms with Crippen LogP contribution in [0, 0.1) is 0 Å². The first-order valence-corrected chi connectivity index (χ1v) is 7.53. The van der Waals surface area contributed by atoms with Crippen LogP contribution in [0.15, 0.2) is 18.2 Å². The molecule has 4 nitrogen and oxygen atoms in total. The minimum absolute atomic E-state index is 0.0166. The van der Waals surface area contributed by atoms with Gasteiger partial charge in [0.1, 0.15) is 11.5 Å². The van der Waals surface area contributed by atoms with E-state index in [2.05, 4.69) is 5.32 Å². The average molecular weight is 279 g/mol. The number of hydrogen-bond acceptors (Lipinski definition) is 4. The van der Waals surface area contributed by atoms with Gasteiger partial charge >= 0.3 is 0 Å². The minimum Gasteiger partial charge on any atom is -0.508 e. The van der Waals surface area contributed by atoms with Gasteiger partial charge in [-0.1, -0.05) is 19.3 Å². The van der Waals surface area contributed by atoms with Crippen molar-refractivity contribution in [3.63, 3.8) is 0 Å². The predicted octanol–water partition coefficient (Wildman–Crippen LogP) is 3.10. The molecule has 0 bridgehead atoms. The van der Waals surface area contributed by atoms with Crippen LogP contribution in [0.4, 0.5) is 0 Å². The lowest BCUT2D eigenvalue weighted by Crippen LogP contribution is -2.26. The largest absolute Gasteiger partial charge is 0.508 e. The number of hydrogen-bond donors (Lipinski definition) is 3. The predicted molar refractivity (Wildman–Crippen MR) is 79.0 cm³/mol. The normalized spacial score (nSPS) is 18.1. The molecule has 1 aliphatic carbocycles. The van der Waals surface area contributed by atoms with E-state index in [1.807, 2.05) is 6.92 Å². The monoisotopic (exact) mass is 279 g/mol. The number of phenols is 2. The van der Waals surface area contributed by atoms with Gasteiger partial charge in [-0.15, -0.1) is 0 Å². The summed E-state index contributed by atoms with van der Waals surface area (Å²) < 4.78 is 5.85. The fourth-order valence-corrected chi connectivity index (χ4v) is 2.73. The maximum absolute atomic E-state index is 9.78. The number of rotatable bonds is 6. The summed E-state index contributed by atoms with van der Waals surface area (Å²) in [4.78, 5) is 0. The topological polar surface area (TPSA) is 61.7 Å². The summed E-state index contributed by atoms with van der Waals surface area (Å²) in [5, 5.41) is 22.6. The average Bonchev–Trinajstić information content (AvgIpc) is 2.47. The van der Waals surface area contributed by atoms with Crippen molar-refractivity contribution in [2.24, 2.45) is 0 Å². The summed E-state index contributed by atoms with van der Waals surface area (Å²) in [5.41, 5.74) is 0.711. The third-order valence-electron chi connectivity index (χ3n) is 3.94. The molecule has 1 unspecified atom stereocenters. The molecule has 3 N–H and O–H groups in total. The molecule has 1 fully saturated rings. The van der Waals surface area contributed by atoms with Crippen molar-refractivity contribution in [2.75, 3.05) is 13.2 Å². The summed E-state index contributed by atoms with van der Waals surface area (Å²) >= 11 is 0. The second kappa shape index (κ2) is 7.50. The third-order valence-corrected chi connectivity index (χ3v) is 3.94. The van der Waals surface area contributed by atoms with Crippen molar-refractivity contribution in [1.29, 1.82) is 0 Å². The highest BCUT2D eigenvalue weighted by molar-refractivity contribution is 5.40. The van der Waals surface area contributed by atoms with Crippen LogP contribution in [-0.2, 0) is 4.74 Å². The number of phenolic OH excluding ortho intramolecular Hbond substituents is 2. The van der Waals surface area contributed by atoms with Gasteiger partial charge in [-0.05, 0) is 38.0 Å². The van der Waals surface area contributed by atoms with Gasteiger partial charge in [-0.3, -0.25) is 0 Å². The molecule has 0 amide bonds. The van der Waals surface area contributed by atoms with E-state index in [4.69, 9.17) is 4.74 Å². The molecule has 1 saturated carbocycles. The summed E-state index contributed by atoms with van der Waals surface area (Å²) in [6.07, 6.45) is 6.70. The van der Waals surface area contributed by atoms with Crippen LogP contribution < -0.4 is 5.32 Å². The first kappa shape index (κ1) is 15.1. The molecule has 1 aromatic rings. The van der Waals surface area contributed by atoms with E-state index >= 15 is 0 Å². The minimum atomic E-state index is -0.0166. The van der Waals surface area contributed by atoms with Gasteiger partial charge < -0.3 is 20.3 Å². The van der Waals surface area contributed by atoms with Crippen LogP contribution in [0.5, 0.6) is 11.5 Å². The Bertz CT molecular complexity index is 416. The van der Waals surface area contributed by atoms with Crippen molar-refractivity contribution < 1.29 is 14.9 Å². The standard InChI is InChI=1S/C16H25NO3/c1-12(15-11-13(18)7-8-16(15)19)17-9-10-20-14-5-3-2-4-6-14/h7-8,11-12,14,17-19H,2-6,9-10H2,1H3. The fourth-order valence-electron chi connectivity index (χ4n) is 2.73. The van der Waals surface area contributed by atoms with Gasteiger partial charge in [0, 0.05) is 18.2 Å². The van der Waals surface area contributed by atoms with Gasteiger partial charge in [-0.25, -0.2) is 0 Å². The Balaban J connectivity index is 1.71.